The highest BCUT2D eigenvalue weighted by Gasteiger charge is 2.14. The molecule has 0 saturated carbocycles. The van der Waals surface area contributed by atoms with E-state index in [0.717, 1.165) is 16.3 Å². The van der Waals surface area contributed by atoms with Gasteiger partial charge in [-0.2, -0.15) is 0 Å². The summed E-state index contributed by atoms with van der Waals surface area (Å²) in [4.78, 5) is 32.1. The number of aryl methyl sites for hydroxylation is 1. The van der Waals surface area contributed by atoms with Crippen LogP contribution in [-0.2, 0) is 17.8 Å². The largest absolute Gasteiger partial charge is 0.383 e. The van der Waals surface area contributed by atoms with Crippen molar-refractivity contribution < 1.29 is 9.59 Å². The summed E-state index contributed by atoms with van der Waals surface area (Å²) < 4.78 is 0. The second kappa shape index (κ2) is 9.34. The average molecular weight is 412 g/mol. The number of nitrogens with zero attached hydrogens (tertiary/aromatic N) is 2. The number of hydrogen-bond donors (Lipinski definition) is 3. The van der Waals surface area contributed by atoms with Gasteiger partial charge in [0.25, 0.3) is 5.91 Å². The fourth-order valence-electron chi connectivity index (χ4n) is 3.02. The number of carbonyl (C=O) groups excluding carboxylic acids is 2. The Hall–Kier alpha value is -3.19. The van der Waals surface area contributed by atoms with Gasteiger partial charge in [0.2, 0.25) is 5.91 Å². The van der Waals surface area contributed by atoms with Gasteiger partial charge in [-0.05, 0) is 42.0 Å². The molecule has 8 heteroatoms. The van der Waals surface area contributed by atoms with E-state index in [1.807, 2.05) is 24.3 Å². The number of fused-ring (bicyclic) bond motifs is 1. The molecule has 2 heterocycles. The first-order valence-corrected chi connectivity index (χ1v) is 9.62. The lowest BCUT2D eigenvalue weighted by Gasteiger charge is -2.11. The Bertz CT molecular complexity index is 1050. The third-order valence-corrected chi connectivity index (χ3v) is 4.67. The van der Waals surface area contributed by atoms with Crippen LogP contribution < -0.4 is 16.4 Å². The molecule has 2 amide bonds. The molecule has 0 saturated heterocycles. The Morgan fingerprint density at radius 3 is 2.76 bits per heavy atom. The number of halogens is 1. The van der Waals surface area contributed by atoms with Crippen LogP contribution in [0.4, 0.5) is 5.82 Å². The van der Waals surface area contributed by atoms with Gasteiger partial charge in [-0.25, -0.2) is 4.98 Å². The van der Waals surface area contributed by atoms with Crippen LogP contribution in [0.1, 0.15) is 35.0 Å². The maximum absolute atomic E-state index is 12.7. The van der Waals surface area contributed by atoms with Crippen LogP contribution in [0.15, 0.2) is 42.7 Å². The van der Waals surface area contributed by atoms with Crippen molar-refractivity contribution in [2.45, 2.75) is 26.3 Å². The zero-order valence-electron chi connectivity index (χ0n) is 16.0. The van der Waals surface area contributed by atoms with Crippen LogP contribution in [0.25, 0.3) is 10.8 Å². The quantitative estimate of drug-likeness (QED) is 0.518. The Balaban J connectivity index is 1.68. The van der Waals surface area contributed by atoms with E-state index in [9.17, 15) is 9.59 Å². The van der Waals surface area contributed by atoms with Crippen LogP contribution in [0, 0.1) is 0 Å². The number of rotatable bonds is 7. The lowest BCUT2D eigenvalue weighted by atomic mass is 10.1. The smallest absolute Gasteiger partial charge is 0.253 e. The van der Waals surface area contributed by atoms with Gasteiger partial charge in [-0.3, -0.25) is 14.6 Å². The second-order valence-electron chi connectivity index (χ2n) is 6.67. The van der Waals surface area contributed by atoms with Crippen molar-refractivity contribution in [2.75, 3.05) is 12.3 Å². The maximum Gasteiger partial charge on any atom is 0.253 e. The highest BCUT2D eigenvalue weighted by molar-refractivity contribution is 6.30. The Kier molecular flexibility index (Phi) is 6.61. The van der Waals surface area contributed by atoms with E-state index in [1.54, 1.807) is 12.3 Å². The minimum absolute atomic E-state index is 0.0834. The van der Waals surface area contributed by atoms with E-state index in [0.29, 0.717) is 48.0 Å². The summed E-state index contributed by atoms with van der Waals surface area (Å²) in [7, 11) is 0. The molecule has 0 spiro atoms. The monoisotopic (exact) mass is 411 g/mol. The van der Waals surface area contributed by atoms with E-state index in [-0.39, 0.29) is 11.8 Å². The summed E-state index contributed by atoms with van der Waals surface area (Å²) in [6, 6.07) is 9.27. The molecule has 1 aromatic carbocycles. The van der Waals surface area contributed by atoms with Gasteiger partial charge in [0, 0.05) is 37.8 Å². The Labute approximate surface area is 173 Å². The Morgan fingerprint density at radius 2 is 1.97 bits per heavy atom. The van der Waals surface area contributed by atoms with E-state index in [4.69, 9.17) is 17.3 Å². The van der Waals surface area contributed by atoms with Crippen LogP contribution in [0.3, 0.4) is 0 Å². The third kappa shape index (κ3) is 5.42. The second-order valence-corrected chi connectivity index (χ2v) is 7.11. The number of anilines is 1. The van der Waals surface area contributed by atoms with Crippen LogP contribution in [0.2, 0.25) is 5.02 Å². The van der Waals surface area contributed by atoms with Crippen molar-refractivity contribution in [3.8, 4) is 0 Å². The number of nitrogens with two attached hydrogens (primary N) is 1. The third-order valence-electron chi connectivity index (χ3n) is 4.46. The first-order chi connectivity index (χ1) is 13.9. The molecule has 0 atom stereocenters. The fraction of sp³-hybridized carbons (Fsp3) is 0.238. The molecule has 0 aliphatic heterocycles. The van der Waals surface area contributed by atoms with Gasteiger partial charge in [-0.1, -0.05) is 23.7 Å². The number of nitrogen functional groups attached to an aromatic ring is 1. The first kappa shape index (κ1) is 20.5. The molecule has 4 N–H and O–H groups in total. The molecule has 0 aliphatic rings. The number of benzene rings is 1. The number of hydrogen-bond acceptors (Lipinski definition) is 5. The summed E-state index contributed by atoms with van der Waals surface area (Å²) in [5.74, 6) is 0.149. The number of amides is 2. The van der Waals surface area contributed by atoms with Crippen molar-refractivity contribution in [3.63, 3.8) is 0 Å². The van der Waals surface area contributed by atoms with Crippen molar-refractivity contribution >= 4 is 40.0 Å². The van der Waals surface area contributed by atoms with Gasteiger partial charge >= 0.3 is 0 Å². The molecule has 7 nitrogen and oxygen atoms in total. The summed E-state index contributed by atoms with van der Waals surface area (Å²) in [6.45, 7) is 2.35. The highest BCUT2D eigenvalue weighted by atomic mass is 35.5. The minimum atomic E-state index is -0.246. The van der Waals surface area contributed by atoms with Gasteiger partial charge in [-0.15, -0.1) is 0 Å². The van der Waals surface area contributed by atoms with E-state index in [2.05, 4.69) is 20.6 Å². The topological polar surface area (TPSA) is 110 Å². The molecule has 0 fully saturated rings. The molecule has 0 unspecified atom stereocenters. The lowest BCUT2D eigenvalue weighted by Crippen LogP contribution is -2.25. The SMILES string of the molecule is CC(=O)NCCCc1ncc(Cl)cc1C(=O)NCc1ccc2c(N)nccc2c1. The summed E-state index contributed by atoms with van der Waals surface area (Å²) in [5, 5.41) is 7.89. The molecule has 29 heavy (non-hydrogen) atoms. The molecule has 2 aromatic heterocycles. The molecule has 3 rings (SSSR count). The Morgan fingerprint density at radius 1 is 1.14 bits per heavy atom. The molecule has 3 aromatic rings. The summed E-state index contributed by atoms with van der Waals surface area (Å²) in [5.41, 5.74) is 7.91. The standard InChI is InChI=1S/C21H22ClN5O2/c1-13(28)24-7-2-3-19-18(10-16(22)12-26-19)21(29)27-11-14-4-5-17-15(9-14)6-8-25-20(17)23/h4-6,8-10,12H,2-3,7,11H2,1H3,(H2,23,25)(H,24,28)(H,27,29). The van der Waals surface area contributed by atoms with Crippen LogP contribution in [-0.4, -0.2) is 28.3 Å². The van der Waals surface area contributed by atoms with Crippen molar-refractivity contribution in [2.24, 2.45) is 0 Å². The van der Waals surface area contributed by atoms with E-state index >= 15 is 0 Å². The van der Waals surface area contributed by atoms with E-state index in [1.165, 1.54) is 13.1 Å². The maximum atomic E-state index is 12.7. The molecule has 0 radical (unpaired) electrons. The normalized spacial score (nSPS) is 10.7. The van der Waals surface area contributed by atoms with Crippen molar-refractivity contribution in [1.29, 1.82) is 0 Å². The number of carbonyl (C=O) groups is 2. The lowest BCUT2D eigenvalue weighted by molar-refractivity contribution is -0.118. The molecular formula is C21H22ClN5O2. The highest BCUT2D eigenvalue weighted by Crippen LogP contribution is 2.20. The van der Waals surface area contributed by atoms with Gasteiger partial charge in [0.1, 0.15) is 5.82 Å². The fourth-order valence-corrected chi connectivity index (χ4v) is 3.18. The van der Waals surface area contributed by atoms with E-state index < -0.39 is 0 Å². The van der Waals surface area contributed by atoms with Crippen LogP contribution >= 0.6 is 11.6 Å². The zero-order valence-corrected chi connectivity index (χ0v) is 16.8. The van der Waals surface area contributed by atoms with Gasteiger partial charge in [0.05, 0.1) is 16.3 Å². The predicted octanol–water partition coefficient (Wildman–Crippen LogP) is 2.86. The summed E-state index contributed by atoms with van der Waals surface area (Å²) >= 11 is 6.04. The van der Waals surface area contributed by atoms with Crippen molar-refractivity contribution in [3.05, 3.63) is 64.6 Å². The van der Waals surface area contributed by atoms with Crippen molar-refractivity contribution in [1.82, 2.24) is 20.6 Å². The average Bonchev–Trinajstić information content (AvgIpc) is 2.70. The number of aromatic nitrogens is 2. The number of pyridine rings is 2. The summed E-state index contributed by atoms with van der Waals surface area (Å²) in [6.07, 6.45) is 4.41. The predicted molar refractivity (Wildman–Crippen MR) is 114 cm³/mol. The van der Waals surface area contributed by atoms with Gasteiger partial charge in [0.15, 0.2) is 0 Å². The molecule has 150 valence electrons. The van der Waals surface area contributed by atoms with Crippen LogP contribution in [0.5, 0.6) is 0 Å². The molecule has 0 aliphatic carbocycles. The van der Waals surface area contributed by atoms with Gasteiger partial charge < -0.3 is 16.4 Å². The molecular weight excluding hydrogens is 390 g/mol. The first-order valence-electron chi connectivity index (χ1n) is 9.24. The minimum Gasteiger partial charge on any atom is -0.383 e. The number of nitrogens with one attached hydrogen (secondary N) is 2. The zero-order chi connectivity index (χ0) is 20.8. The molecule has 0 bridgehead atoms.